The van der Waals surface area contributed by atoms with Crippen molar-refractivity contribution in [2.75, 3.05) is 26.9 Å². The Hall–Kier alpha value is -2.84. The first kappa shape index (κ1) is 23.2. The average Bonchev–Trinajstić information content (AvgIpc) is 2.66. The number of carbonyl (C=O) groups excluding carboxylic acids is 2. The van der Waals surface area contributed by atoms with Gasteiger partial charge in [0.15, 0.2) is 11.5 Å². The van der Waals surface area contributed by atoms with Crippen LogP contribution in [0.2, 0.25) is 0 Å². The van der Waals surface area contributed by atoms with Crippen molar-refractivity contribution in [3.8, 4) is 11.5 Å². The van der Waals surface area contributed by atoms with Gasteiger partial charge in [-0.25, -0.2) is 4.79 Å². The first-order valence-electron chi connectivity index (χ1n) is 9.26. The van der Waals surface area contributed by atoms with E-state index in [4.69, 9.17) is 18.9 Å². The molecule has 0 heterocycles. The highest BCUT2D eigenvalue weighted by atomic mass is 16.6. The van der Waals surface area contributed by atoms with Crippen LogP contribution in [-0.2, 0) is 14.3 Å². The molecule has 1 rings (SSSR count). The molecule has 1 aromatic rings. The Bertz CT molecular complexity index is 674. The number of esters is 2. The molecule has 0 N–H and O–H groups in total. The number of carbonyl (C=O) groups is 2. The predicted molar refractivity (Wildman–Crippen MR) is 101 cm³/mol. The third kappa shape index (κ3) is 7.42. The van der Waals surface area contributed by atoms with E-state index in [-0.39, 0.29) is 29.6 Å². The number of methoxy groups -OCH3 is 1. The minimum Gasteiger partial charge on any atom is -0.493 e. The van der Waals surface area contributed by atoms with Crippen LogP contribution in [-0.4, -0.2) is 43.8 Å². The lowest BCUT2D eigenvalue weighted by atomic mass is 10.1. The topological polar surface area (TPSA) is 114 Å². The molecule has 0 aromatic heterocycles. The van der Waals surface area contributed by atoms with Crippen LogP contribution in [0.15, 0.2) is 12.1 Å². The number of hydrogen-bond acceptors (Lipinski definition) is 8. The van der Waals surface area contributed by atoms with Crippen molar-refractivity contribution in [1.29, 1.82) is 0 Å². The maximum Gasteiger partial charge on any atom is 0.345 e. The summed E-state index contributed by atoms with van der Waals surface area (Å²) in [6.07, 6.45) is 3.56. The summed E-state index contributed by atoms with van der Waals surface area (Å²) in [6, 6.07) is 2.43. The molecule has 9 heteroatoms. The van der Waals surface area contributed by atoms with E-state index in [0.717, 1.165) is 31.7 Å². The van der Waals surface area contributed by atoms with Crippen molar-refractivity contribution < 1.29 is 33.5 Å². The van der Waals surface area contributed by atoms with Crippen molar-refractivity contribution >= 4 is 17.6 Å². The van der Waals surface area contributed by atoms with Gasteiger partial charge in [0.05, 0.1) is 37.9 Å². The summed E-state index contributed by atoms with van der Waals surface area (Å²) in [4.78, 5) is 33.8. The Morgan fingerprint density at radius 3 is 2.29 bits per heavy atom. The van der Waals surface area contributed by atoms with Gasteiger partial charge in [-0.1, -0.05) is 12.8 Å². The van der Waals surface area contributed by atoms with E-state index < -0.39 is 16.6 Å². The van der Waals surface area contributed by atoms with Crippen molar-refractivity contribution in [3.63, 3.8) is 0 Å². The van der Waals surface area contributed by atoms with Gasteiger partial charge in [-0.15, -0.1) is 0 Å². The summed E-state index contributed by atoms with van der Waals surface area (Å²) in [5, 5.41) is 11.2. The Morgan fingerprint density at radius 2 is 1.68 bits per heavy atom. The number of nitro groups is 1. The van der Waals surface area contributed by atoms with Gasteiger partial charge in [-0.2, -0.15) is 0 Å². The van der Waals surface area contributed by atoms with Gasteiger partial charge in [-0.3, -0.25) is 14.9 Å². The number of rotatable bonds is 13. The minimum absolute atomic E-state index is 0.101. The van der Waals surface area contributed by atoms with Crippen LogP contribution >= 0.6 is 0 Å². The van der Waals surface area contributed by atoms with E-state index >= 15 is 0 Å². The molecule has 156 valence electrons. The monoisotopic (exact) mass is 397 g/mol. The fraction of sp³-hybridized carbons (Fsp3) is 0.579. The van der Waals surface area contributed by atoms with Gasteiger partial charge in [0.2, 0.25) is 0 Å². The van der Waals surface area contributed by atoms with E-state index in [9.17, 15) is 19.7 Å². The normalized spacial score (nSPS) is 10.2. The molecule has 0 saturated carbocycles. The summed E-state index contributed by atoms with van der Waals surface area (Å²) < 4.78 is 20.5. The van der Waals surface area contributed by atoms with Crippen LogP contribution in [0.4, 0.5) is 5.69 Å². The fourth-order valence-corrected chi connectivity index (χ4v) is 2.49. The average molecular weight is 397 g/mol. The molecule has 9 nitrogen and oxygen atoms in total. The third-order valence-electron chi connectivity index (χ3n) is 3.81. The van der Waals surface area contributed by atoms with E-state index in [1.54, 1.807) is 13.8 Å². The highest BCUT2D eigenvalue weighted by Gasteiger charge is 2.25. The second-order valence-corrected chi connectivity index (χ2v) is 5.82. The van der Waals surface area contributed by atoms with Crippen molar-refractivity contribution in [2.24, 2.45) is 0 Å². The van der Waals surface area contributed by atoms with Crippen LogP contribution in [0.3, 0.4) is 0 Å². The van der Waals surface area contributed by atoms with E-state index in [0.29, 0.717) is 19.6 Å². The van der Waals surface area contributed by atoms with Crippen molar-refractivity contribution in [3.05, 3.63) is 27.8 Å². The summed E-state index contributed by atoms with van der Waals surface area (Å²) in [7, 11) is 1.37. The molecule has 0 fully saturated rings. The Balaban J connectivity index is 2.64. The lowest BCUT2D eigenvalue weighted by molar-refractivity contribution is -0.385. The zero-order valence-corrected chi connectivity index (χ0v) is 16.5. The molecule has 0 aliphatic heterocycles. The molecule has 0 saturated heterocycles. The van der Waals surface area contributed by atoms with Gasteiger partial charge >= 0.3 is 11.9 Å². The molecule has 0 bridgehead atoms. The van der Waals surface area contributed by atoms with Crippen LogP contribution in [0.25, 0.3) is 0 Å². The zero-order chi connectivity index (χ0) is 20.9. The Morgan fingerprint density at radius 1 is 1.00 bits per heavy atom. The number of nitro benzene ring substituents is 1. The lowest BCUT2D eigenvalue weighted by Crippen LogP contribution is -2.09. The maximum absolute atomic E-state index is 12.0. The highest BCUT2D eigenvalue weighted by molar-refractivity contribution is 5.95. The van der Waals surface area contributed by atoms with Crippen molar-refractivity contribution in [1.82, 2.24) is 0 Å². The maximum atomic E-state index is 12.0. The zero-order valence-electron chi connectivity index (χ0n) is 16.5. The Kier molecular flexibility index (Phi) is 10.4. The molecule has 0 aliphatic rings. The highest BCUT2D eigenvalue weighted by Crippen LogP contribution is 2.35. The van der Waals surface area contributed by atoms with Gasteiger partial charge in [0.25, 0.3) is 5.69 Å². The van der Waals surface area contributed by atoms with Gasteiger partial charge in [0.1, 0.15) is 5.56 Å². The number of unbranched alkanes of at least 4 members (excludes halogenated alkanes) is 3. The molecule has 0 amide bonds. The van der Waals surface area contributed by atoms with Crippen LogP contribution in [0.5, 0.6) is 11.5 Å². The number of benzene rings is 1. The minimum atomic E-state index is -0.791. The summed E-state index contributed by atoms with van der Waals surface area (Å²) >= 11 is 0. The summed E-state index contributed by atoms with van der Waals surface area (Å²) in [6.45, 7) is 4.22. The molecule has 0 atom stereocenters. The lowest BCUT2D eigenvalue weighted by Gasteiger charge is -2.12. The molecule has 0 aliphatic carbocycles. The van der Waals surface area contributed by atoms with E-state index in [2.05, 4.69) is 0 Å². The molecule has 1 aromatic carbocycles. The SMILES string of the molecule is CCOC(=O)CCCCCCOc1cc(C(=O)OCC)c([N+](=O)[O-])cc1OC. The number of nitrogens with zero attached hydrogens (tertiary/aromatic N) is 1. The second-order valence-electron chi connectivity index (χ2n) is 5.82. The smallest absolute Gasteiger partial charge is 0.345 e. The molecule has 28 heavy (non-hydrogen) atoms. The standard InChI is InChI=1S/C19H27NO8/c1-4-26-18(21)10-8-6-7-9-11-28-17-12-14(19(22)27-5-2)15(20(23)24)13-16(17)25-3/h12-13H,4-11H2,1-3H3. The van der Waals surface area contributed by atoms with Crippen molar-refractivity contribution in [2.45, 2.75) is 46.0 Å². The summed E-state index contributed by atoms with van der Waals surface area (Å²) in [5.74, 6) is -0.578. The molecule has 0 radical (unpaired) electrons. The largest absolute Gasteiger partial charge is 0.493 e. The number of ether oxygens (including phenoxy) is 4. The Labute approximate surface area is 164 Å². The molecular formula is C19H27NO8. The van der Waals surface area contributed by atoms with Gasteiger partial charge in [-0.05, 0) is 26.7 Å². The third-order valence-corrected chi connectivity index (χ3v) is 3.81. The molecule has 0 spiro atoms. The van der Waals surface area contributed by atoms with E-state index in [1.807, 2.05) is 0 Å². The summed E-state index contributed by atoms with van der Waals surface area (Å²) in [5.41, 5.74) is -0.585. The first-order valence-corrected chi connectivity index (χ1v) is 9.26. The van der Waals surface area contributed by atoms with Crippen LogP contribution < -0.4 is 9.47 Å². The van der Waals surface area contributed by atoms with Crippen LogP contribution in [0.1, 0.15) is 56.3 Å². The van der Waals surface area contributed by atoms with Gasteiger partial charge < -0.3 is 18.9 Å². The van der Waals surface area contributed by atoms with E-state index in [1.165, 1.54) is 13.2 Å². The first-order chi connectivity index (χ1) is 13.4. The molecule has 0 unspecified atom stereocenters. The second kappa shape index (κ2) is 12.5. The van der Waals surface area contributed by atoms with Gasteiger partial charge in [0, 0.05) is 12.5 Å². The fourth-order valence-electron chi connectivity index (χ4n) is 2.49. The van der Waals surface area contributed by atoms with Crippen LogP contribution in [0, 0.1) is 10.1 Å². The molecular weight excluding hydrogens is 370 g/mol. The number of hydrogen-bond donors (Lipinski definition) is 0. The quantitative estimate of drug-likeness (QED) is 0.214. The predicted octanol–water partition coefficient (Wildman–Crippen LogP) is 3.67.